The van der Waals surface area contributed by atoms with Crippen LogP contribution >= 0.6 is 0 Å². The number of aryl methyl sites for hydroxylation is 1. The van der Waals surface area contributed by atoms with Gasteiger partial charge in [-0.25, -0.2) is 0 Å². The second kappa shape index (κ2) is 6.21. The van der Waals surface area contributed by atoms with Crippen molar-refractivity contribution in [3.63, 3.8) is 0 Å². The highest BCUT2D eigenvalue weighted by Gasteiger charge is 2.08. The quantitative estimate of drug-likeness (QED) is 0.842. The number of aromatic nitrogens is 2. The van der Waals surface area contributed by atoms with Gasteiger partial charge in [0.25, 0.3) is 0 Å². The normalized spacial score (nSPS) is 10.6. The largest absolute Gasteiger partial charge is 0.366 e. The summed E-state index contributed by atoms with van der Waals surface area (Å²) in [7, 11) is 1.94. The molecule has 0 saturated carbocycles. The van der Waals surface area contributed by atoms with Crippen LogP contribution in [0.25, 0.3) is 0 Å². The number of rotatable bonds is 6. The smallest absolute Gasteiger partial charge is 0.0817 e. The highest BCUT2D eigenvalue weighted by molar-refractivity contribution is 5.46. The summed E-state index contributed by atoms with van der Waals surface area (Å²) in [6.07, 6.45) is 2.96. The maximum Gasteiger partial charge on any atom is 0.0817 e. The number of para-hydroxylation sites is 1. The Hall–Kier alpha value is -1.81. The fourth-order valence-corrected chi connectivity index (χ4v) is 1.96. The Balaban J connectivity index is 2.10. The molecule has 4 heteroatoms. The second-order valence-corrected chi connectivity index (χ2v) is 4.38. The minimum Gasteiger partial charge on any atom is -0.366 e. The molecule has 0 radical (unpaired) electrons. The fourth-order valence-electron chi connectivity index (χ4n) is 1.96. The Morgan fingerprint density at radius 1 is 1.22 bits per heavy atom. The van der Waals surface area contributed by atoms with Crippen LogP contribution in [0.2, 0.25) is 0 Å². The van der Waals surface area contributed by atoms with E-state index in [0.717, 1.165) is 25.2 Å². The summed E-state index contributed by atoms with van der Waals surface area (Å²) in [4.78, 5) is 2.31. The van der Waals surface area contributed by atoms with E-state index in [1.807, 2.05) is 24.0 Å². The molecule has 2 aromatic rings. The molecule has 18 heavy (non-hydrogen) atoms. The van der Waals surface area contributed by atoms with Gasteiger partial charge in [-0.2, -0.15) is 5.10 Å². The highest BCUT2D eigenvalue weighted by Crippen LogP contribution is 2.16. The second-order valence-electron chi connectivity index (χ2n) is 4.38. The van der Waals surface area contributed by atoms with Gasteiger partial charge in [0.1, 0.15) is 0 Å². The Labute approximate surface area is 108 Å². The highest BCUT2D eigenvalue weighted by atomic mass is 15.3. The van der Waals surface area contributed by atoms with E-state index in [1.165, 1.54) is 5.69 Å². The molecule has 0 aliphatic carbocycles. The van der Waals surface area contributed by atoms with Crippen molar-refractivity contribution in [1.29, 1.82) is 0 Å². The van der Waals surface area contributed by atoms with Crippen molar-refractivity contribution in [2.75, 3.05) is 18.0 Å². The summed E-state index contributed by atoms with van der Waals surface area (Å²) in [5, 5.41) is 4.43. The van der Waals surface area contributed by atoms with E-state index in [2.05, 4.69) is 40.3 Å². The van der Waals surface area contributed by atoms with Crippen molar-refractivity contribution in [1.82, 2.24) is 9.78 Å². The van der Waals surface area contributed by atoms with Gasteiger partial charge in [-0.05, 0) is 31.2 Å². The van der Waals surface area contributed by atoms with E-state index in [9.17, 15) is 0 Å². The first-order valence-corrected chi connectivity index (χ1v) is 6.28. The summed E-state index contributed by atoms with van der Waals surface area (Å²) >= 11 is 0. The maximum atomic E-state index is 5.61. The van der Waals surface area contributed by atoms with Gasteiger partial charge in [-0.3, -0.25) is 4.68 Å². The Kier molecular flexibility index (Phi) is 4.36. The Bertz CT molecular complexity index is 464. The van der Waals surface area contributed by atoms with Crippen LogP contribution in [0.4, 0.5) is 5.69 Å². The first kappa shape index (κ1) is 12.6. The van der Waals surface area contributed by atoms with Gasteiger partial charge in [-0.1, -0.05) is 18.2 Å². The number of hydrogen-bond donors (Lipinski definition) is 1. The third kappa shape index (κ3) is 3.34. The number of hydrogen-bond acceptors (Lipinski definition) is 3. The van der Waals surface area contributed by atoms with Gasteiger partial charge in [0.2, 0.25) is 0 Å². The average Bonchev–Trinajstić information content (AvgIpc) is 2.81. The van der Waals surface area contributed by atoms with Gasteiger partial charge >= 0.3 is 0 Å². The summed E-state index contributed by atoms with van der Waals surface area (Å²) in [6.45, 7) is 2.49. The SMILES string of the molecule is Cn1ccc(CN(CCCN)c2ccccc2)n1. The van der Waals surface area contributed by atoms with Crippen molar-refractivity contribution in [3.8, 4) is 0 Å². The molecule has 0 bridgehead atoms. The molecule has 1 aromatic carbocycles. The molecule has 0 spiro atoms. The Morgan fingerprint density at radius 2 is 2.00 bits per heavy atom. The predicted octanol–water partition coefficient (Wildman–Crippen LogP) is 1.78. The van der Waals surface area contributed by atoms with Gasteiger partial charge in [0, 0.05) is 25.5 Å². The lowest BCUT2D eigenvalue weighted by atomic mass is 10.2. The van der Waals surface area contributed by atoms with E-state index in [4.69, 9.17) is 5.73 Å². The van der Waals surface area contributed by atoms with Gasteiger partial charge in [0.05, 0.1) is 12.2 Å². The number of anilines is 1. The number of nitrogens with two attached hydrogens (primary N) is 1. The monoisotopic (exact) mass is 244 g/mol. The first-order chi connectivity index (χ1) is 8.79. The van der Waals surface area contributed by atoms with Crippen molar-refractivity contribution in [2.24, 2.45) is 12.8 Å². The molecule has 0 aliphatic rings. The van der Waals surface area contributed by atoms with Crippen LogP contribution in [0.15, 0.2) is 42.6 Å². The topological polar surface area (TPSA) is 47.1 Å². The summed E-state index contributed by atoms with van der Waals surface area (Å²) in [5.41, 5.74) is 7.91. The zero-order valence-corrected chi connectivity index (χ0v) is 10.8. The molecule has 2 rings (SSSR count). The standard InChI is InChI=1S/C14H20N4/c1-17-11-8-13(16-17)12-18(10-5-9-15)14-6-3-2-4-7-14/h2-4,6-8,11H,5,9-10,12,15H2,1H3. The van der Waals surface area contributed by atoms with Crippen molar-refractivity contribution >= 4 is 5.69 Å². The van der Waals surface area contributed by atoms with Gasteiger partial charge < -0.3 is 10.6 Å². The van der Waals surface area contributed by atoms with Crippen LogP contribution in [0, 0.1) is 0 Å². The van der Waals surface area contributed by atoms with Crippen LogP contribution in [0.5, 0.6) is 0 Å². The zero-order valence-electron chi connectivity index (χ0n) is 10.8. The lowest BCUT2D eigenvalue weighted by Gasteiger charge is -2.23. The Morgan fingerprint density at radius 3 is 2.61 bits per heavy atom. The van der Waals surface area contributed by atoms with E-state index in [-0.39, 0.29) is 0 Å². The molecular formula is C14H20N4. The fraction of sp³-hybridized carbons (Fsp3) is 0.357. The minimum atomic E-state index is 0.714. The average molecular weight is 244 g/mol. The molecular weight excluding hydrogens is 224 g/mol. The molecule has 0 saturated heterocycles. The zero-order chi connectivity index (χ0) is 12.8. The summed E-state index contributed by atoms with van der Waals surface area (Å²) < 4.78 is 1.83. The van der Waals surface area contributed by atoms with Crippen molar-refractivity contribution in [3.05, 3.63) is 48.3 Å². The van der Waals surface area contributed by atoms with Crippen molar-refractivity contribution in [2.45, 2.75) is 13.0 Å². The molecule has 1 heterocycles. The van der Waals surface area contributed by atoms with Gasteiger partial charge in [0.15, 0.2) is 0 Å². The van der Waals surface area contributed by atoms with Crippen LogP contribution in [-0.2, 0) is 13.6 Å². The summed E-state index contributed by atoms with van der Waals surface area (Å²) in [5.74, 6) is 0. The molecule has 0 atom stereocenters. The maximum absolute atomic E-state index is 5.61. The van der Waals surface area contributed by atoms with Crippen molar-refractivity contribution < 1.29 is 0 Å². The van der Waals surface area contributed by atoms with Crippen LogP contribution in [0.3, 0.4) is 0 Å². The molecule has 0 aliphatic heterocycles. The third-order valence-corrected chi connectivity index (χ3v) is 2.88. The lowest BCUT2D eigenvalue weighted by Crippen LogP contribution is -2.25. The third-order valence-electron chi connectivity index (χ3n) is 2.88. The first-order valence-electron chi connectivity index (χ1n) is 6.28. The van der Waals surface area contributed by atoms with Gasteiger partial charge in [-0.15, -0.1) is 0 Å². The molecule has 96 valence electrons. The predicted molar refractivity (Wildman–Crippen MR) is 74.4 cm³/mol. The molecule has 0 amide bonds. The van der Waals surface area contributed by atoms with Crippen LogP contribution in [-0.4, -0.2) is 22.9 Å². The number of benzene rings is 1. The molecule has 0 fully saturated rings. The van der Waals surface area contributed by atoms with E-state index in [1.54, 1.807) is 0 Å². The van der Waals surface area contributed by atoms with Crippen LogP contribution in [0.1, 0.15) is 12.1 Å². The lowest BCUT2D eigenvalue weighted by molar-refractivity contribution is 0.696. The molecule has 4 nitrogen and oxygen atoms in total. The minimum absolute atomic E-state index is 0.714. The van der Waals surface area contributed by atoms with Crippen LogP contribution < -0.4 is 10.6 Å². The molecule has 2 N–H and O–H groups in total. The van der Waals surface area contributed by atoms with E-state index in [0.29, 0.717) is 6.54 Å². The number of nitrogens with zero attached hydrogens (tertiary/aromatic N) is 3. The summed E-state index contributed by atoms with van der Waals surface area (Å²) in [6, 6.07) is 12.5. The van der Waals surface area contributed by atoms with E-state index < -0.39 is 0 Å². The molecule has 1 aromatic heterocycles. The van der Waals surface area contributed by atoms with E-state index >= 15 is 0 Å². The molecule has 0 unspecified atom stereocenters.